The Kier molecular flexibility index (Phi) is 6.03. The molecule has 1 aliphatic heterocycles. The Balaban J connectivity index is 2.13. The van der Waals surface area contributed by atoms with Crippen LogP contribution in [-0.2, 0) is 16.0 Å². The van der Waals surface area contributed by atoms with Crippen molar-refractivity contribution in [1.29, 1.82) is 0 Å². The van der Waals surface area contributed by atoms with E-state index in [-0.39, 0.29) is 17.1 Å². The Bertz CT molecular complexity index is 948. The Morgan fingerprint density at radius 1 is 1.10 bits per heavy atom. The maximum absolute atomic E-state index is 12.9. The maximum Gasteiger partial charge on any atom is 0.295 e. The fourth-order valence-corrected chi connectivity index (χ4v) is 3.51. The molecule has 2 aromatic rings. The standard InChI is InChI=1S/C23H26N2O4/c1-4-15-8-10-16(11-9-15)21(27)19-20(17-6-5-7-18(26)14-17)25(13-12-24(2)3)23(29)22(19)28/h5-11,14,20,26-27H,4,12-13H2,1-3H3/b21-19-. The van der Waals surface area contributed by atoms with Crippen molar-refractivity contribution in [2.24, 2.45) is 0 Å². The normalized spacial score (nSPS) is 18.6. The molecule has 0 saturated carbocycles. The van der Waals surface area contributed by atoms with Gasteiger partial charge >= 0.3 is 0 Å². The van der Waals surface area contributed by atoms with Crippen LogP contribution in [0.1, 0.15) is 29.7 Å². The van der Waals surface area contributed by atoms with Gasteiger partial charge in [-0.25, -0.2) is 0 Å². The molecule has 1 aliphatic rings. The number of Topliss-reactive ketones (excluding diaryl/α,β-unsaturated/α-hetero) is 1. The van der Waals surface area contributed by atoms with Crippen molar-refractivity contribution in [2.75, 3.05) is 27.2 Å². The van der Waals surface area contributed by atoms with Crippen molar-refractivity contribution in [3.63, 3.8) is 0 Å². The summed E-state index contributed by atoms with van der Waals surface area (Å²) >= 11 is 0. The summed E-state index contributed by atoms with van der Waals surface area (Å²) in [5, 5.41) is 20.9. The van der Waals surface area contributed by atoms with Crippen LogP contribution in [0, 0.1) is 0 Å². The molecule has 2 aromatic carbocycles. The number of carbonyl (C=O) groups excluding carboxylic acids is 2. The van der Waals surface area contributed by atoms with E-state index in [4.69, 9.17) is 0 Å². The minimum Gasteiger partial charge on any atom is -0.508 e. The van der Waals surface area contributed by atoms with Crippen LogP contribution in [-0.4, -0.2) is 58.9 Å². The summed E-state index contributed by atoms with van der Waals surface area (Å²) in [7, 11) is 3.77. The number of benzene rings is 2. The number of hydrogen-bond donors (Lipinski definition) is 2. The first-order chi connectivity index (χ1) is 13.8. The second-order valence-electron chi connectivity index (χ2n) is 7.44. The van der Waals surface area contributed by atoms with Crippen LogP contribution < -0.4 is 0 Å². The van der Waals surface area contributed by atoms with Gasteiger partial charge in [0.15, 0.2) is 0 Å². The Hall–Kier alpha value is -3.12. The smallest absolute Gasteiger partial charge is 0.295 e. The zero-order valence-corrected chi connectivity index (χ0v) is 16.9. The lowest BCUT2D eigenvalue weighted by Crippen LogP contribution is -2.35. The lowest BCUT2D eigenvalue weighted by atomic mass is 9.94. The summed E-state index contributed by atoms with van der Waals surface area (Å²) in [6, 6.07) is 13.0. The molecule has 0 aliphatic carbocycles. The van der Waals surface area contributed by atoms with Crippen molar-refractivity contribution in [2.45, 2.75) is 19.4 Å². The molecule has 152 valence electrons. The number of likely N-dealkylation sites (tertiary alicyclic amines) is 1. The van der Waals surface area contributed by atoms with Crippen molar-refractivity contribution >= 4 is 17.4 Å². The zero-order chi connectivity index (χ0) is 21.1. The highest BCUT2D eigenvalue weighted by Gasteiger charge is 2.45. The van der Waals surface area contributed by atoms with Gasteiger partial charge in [0, 0.05) is 18.7 Å². The molecule has 1 unspecified atom stereocenters. The number of aromatic hydroxyl groups is 1. The molecular formula is C23H26N2O4. The molecule has 2 N–H and O–H groups in total. The highest BCUT2D eigenvalue weighted by atomic mass is 16.3. The fraction of sp³-hybridized carbons (Fsp3) is 0.304. The van der Waals surface area contributed by atoms with Crippen LogP contribution in [0.5, 0.6) is 5.75 Å². The van der Waals surface area contributed by atoms with E-state index in [1.54, 1.807) is 24.3 Å². The quantitative estimate of drug-likeness (QED) is 0.447. The predicted molar refractivity (Wildman–Crippen MR) is 111 cm³/mol. The van der Waals surface area contributed by atoms with Crippen molar-refractivity contribution in [3.05, 3.63) is 70.8 Å². The van der Waals surface area contributed by atoms with Crippen molar-refractivity contribution < 1.29 is 19.8 Å². The number of ketones is 1. The van der Waals surface area contributed by atoms with E-state index in [0.717, 1.165) is 12.0 Å². The lowest BCUT2D eigenvalue weighted by molar-refractivity contribution is -0.140. The number of rotatable bonds is 6. The van der Waals surface area contributed by atoms with Crippen LogP contribution in [0.25, 0.3) is 5.76 Å². The first kappa shape index (κ1) is 20.6. The van der Waals surface area contributed by atoms with Gasteiger partial charge in [0.05, 0.1) is 11.6 Å². The van der Waals surface area contributed by atoms with E-state index in [1.807, 2.05) is 38.1 Å². The summed E-state index contributed by atoms with van der Waals surface area (Å²) < 4.78 is 0. The molecule has 1 heterocycles. The molecule has 0 bridgehead atoms. The van der Waals surface area contributed by atoms with Crippen LogP contribution in [0.3, 0.4) is 0 Å². The maximum atomic E-state index is 12.9. The van der Waals surface area contributed by atoms with E-state index in [1.165, 1.54) is 17.0 Å². The molecule has 1 atom stereocenters. The monoisotopic (exact) mass is 394 g/mol. The van der Waals surface area contributed by atoms with E-state index in [2.05, 4.69) is 0 Å². The molecule has 0 radical (unpaired) electrons. The Morgan fingerprint density at radius 2 is 1.79 bits per heavy atom. The molecule has 3 rings (SSSR count). The first-order valence-corrected chi connectivity index (χ1v) is 9.64. The molecule has 6 nitrogen and oxygen atoms in total. The molecule has 1 fully saturated rings. The number of amides is 1. The molecule has 6 heteroatoms. The lowest BCUT2D eigenvalue weighted by Gasteiger charge is -2.26. The zero-order valence-electron chi connectivity index (χ0n) is 16.9. The van der Waals surface area contributed by atoms with Gasteiger partial charge in [-0.15, -0.1) is 0 Å². The number of likely N-dealkylation sites (N-methyl/N-ethyl adjacent to an activating group) is 1. The van der Waals surface area contributed by atoms with Gasteiger partial charge < -0.3 is 20.0 Å². The largest absolute Gasteiger partial charge is 0.508 e. The molecular weight excluding hydrogens is 368 g/mol. The number of aryl methyl sites for hydroxylation is 1. The van der Waals surface area contributed by atoms with E-state index in [0.29, 0.717) is 24.2 Å². The number of carbonyl (C=O) groups is 2. The fourth-order valence-electron chi connectivity index (χ4n) is 3.51. The van der Waals surface area contributed by atoms with E-state index in [9.17, 15) is 19.8 Å². The predicted octanol–water partition coefficient (Wildman–Crippen LogP) is 2.94. The Morgan fingerprint density at radius 3 is 2.38 bits per heavy atom. The third-order valence-corrected chi connectivity index (χ3v) is 5.15. The minimum absolute atomic E-state index is 0.0352. The number of nitrogens with zero attached hydrogens (tertiary/aromatic N) is 2. The second kappa shape index (κ2) is 8.49. The number of phenolic OH excluding ortho intramolecular Hbond substituents is 1. The van der Waals surface area contributed by atoms with Gasteiger partial charge in [0.1, 0.15) is 11.5 Å². The molecule has 0 spiro atoms. The van der Waals surface area contributed by atoms with E-state index >= 15 is 0 Å². The van der Waals surface area contributed by atoms with Gasteiger partial charge in [0.25, 0.3) is 11.7 Å². The van der Waals surface area contributed by atoms with Crippen LogP contribution in [0.15, 0.2) is 54.1 Å². The summed E-state index contributed by atoms with van der Waals surface area (Å²) in [6.45, 7) is 2.92. The Labute approximate surface area is 170 Å². The second-order valence-corrected chi connectivity index (χ2v) is 7.44. The number of phenols is 1. The third-order valence-electron chi connectivity index (χ3n) is 5.15. The molecule has 1 amide bonds. The minimum atomic E-state index is -0.757. The molecule has 1 saturated heterocycles. The van der Waals surface area contributed by atoms with Gasteiger partial charge in [-0.1, -0.05) is 43.3 Å². The summed E-state index contributed by atoms with van der Waals surface area (Å²) in [6.07, 6.45) is 0.860. The molecule has 0 aromatic heterocycles. The summed E-state index contributed by atoms with van der Waals surface area (Å²) in [5.74, 6) is -1.53. The topological polar surface area (TPSA) is 81.1 Å². The average Bonchev–Trinajstić information content (AvgIpc) is 2.96. The van der Waals surface area contributed by atoms with Gasteiger partial charge in [-0.2, -0.15) is 0 Å². The third kappa shape index (κ3) is 4.17. The van der Waals surface area contributed by atoms with Crippen LogP contribution in [0.4, 0.5) is 0 Å². The summed E-state index contributed by atoms with van der Waals surface area (Å²) in [4.78, 5) is 29.0. The van der Waals surface area contributed by atoms with E-state index < -0.39 is 17.7 Å². The first-order valence-electron chi connectivity index (χ1n) is 9.64. The highest BCUT2D eigenvalue weighted by Crippen LogP contribution is 2.40. The number of aliphatic hydroxyl groups is 1. The van der Waals surface area contributed by atoms with Gasteiger partial charge in [0.2, 0.25) is 0 Å². The van der Waals surface area contributed by atoms with Crippen LogP contribution >= 0.6 is 0 Å². The van der Waals surface area contributed by atoms with Crippen molar-refractivity contribution in [3.8, 4) is 5.75 Å². The average molecular weight is 394 g/mol. The van der Waals surface area contributed by atoms with Crippen molar-refractivity contribution in [1.82, 2.24) is 9.80 Å². The SMILES string of the molecule is CCc1ccc(/C(O)=C2/C(=O)C(=O)N(CCN(C)C)C2c2cccc(O)c2)cc1. The van der Waals surface area contributed by atoms with Crippen LogP contribution in [0.2, 0.25) is 0 Å². The van der Waals surface area contributed by atoms with Gasteiger partial charge in [-0.05, 0) is 43.8 Å². The van der Waals surface area contributed by atoms with Gasteiger partial charge in [-0.3, -0.25) is 9.59 Å². The highest BCUT2D eigenvalue weighted by molar-refractivity contribution is 6.46. The number of aliphatic hydroxyl groups excluding tert-OH is 1. The number of hydrogen-bond acceptors (Lipinski definition) is 5. The molecule has 29 heavy (non-hydrogen) atoms. The summed E-state index contributed by atoms with van der Waals surface area (Å²) in [5.41, 5.74) is 2.22.